The molecule has 0 atom stereocenters. The number of nitrogens with two attached hydrogens (primary N) is 1. The van der Waals surface area contributed by atoms with Crippen molar-refractivity contribution in [3.63, 3.8) is 0 Å². The molecule has 2 rings (SSSR count). The van der Waals surface area contributed by atoms with E-state index in [0.29, 0.717) is 6.42 Å². The fourth-order valence-electron chi connectivity index (χ4n) is 1.63. The molecule has 0 bridgehead atoms. The van der Waals surface area contributed by atoms with Crippen LogP contribution >= 0.6 is 0 Å². The molecule has 78 valence electrons. The number of anilines is 1. The van der Waals surface area contributed by atoms with Crippen LogP contribution in [-0.4, -0.2) is 0 Å². The Hall–Kier alpha value is -2.27. The SMILES string of the molecule is N#CCC=Cc1ccc2cc(N)ccc2c1. The van der Waals surface area contributed by atoms with Crippen LogP contribution in [0.1, 0.15) is 12.0 Å². The van der Waals surface area contributed by atoms with E-state index in [0.717, 1.165) is 22.0 Å². The molecule has 2 aromatic carbocycles. The molecule has 2 N–H and O–H groups in total. The molecule has 0 amide bonds. The number of allylic oxidation sites excluding steroid dienone is 1. The lowest BCUT2D eigenvalue weighted by molar-refractivity contribution is 1.36. The monoisotopic (exact) mass is 208 g/mol. The summed E-state index contributed by atoms with van der Waals surface area (Å²) in [6.07, 6.45) is 4.26. The van der Waals surface area contributed by atoms with Gasteiger partial charge in [-0.1, -0.05) is 30.4 Å². The maximum Gasteiger partial charge on any atom is 0.0663 e. The van der Waals surface area contributed by atoms with Gasteiger partial charge in [-0.3, -0.25) is 0 Å². The van der Waals surface area contributed by atoms with Gasteiger partial charge in [0.15, 0.2) is 0 Å². The van der Waals surface area contributed by atoms with Gasteiger partial charge in [0.1, 0.15) is 0 Å². The van der Waals surface area contributed by atoms with E-state index in [1.165, 1.54) is 0 Å². The van der Waals surface area contributed by atoms with Crippen molar-refractivity contribution in [1.82, 2.24) is 0 Å². The van der Waals surface area contributed by atoms with Gasteiger partial charge in [-0.25, -0.2) is 0 Å². The smallest absolute Gasteiger partial charge is 0.0663 e. The summed E-state index contributed by atoms with van der Waals surface area (Å²) < 4.78 is 0. The van der Waals surface area contributed by atoms with Crippen LogP contribution in [0.25, 0.3) is 16.8 Å². The van der Waals surface area contributed by atoms with Gasteiger partial charge in [-0.15, -0.1) is 0 Å². The van der Waals surface area contributed by atoms with Crippen LogP contribution in [0, 0.1) is 11.3 Å². The number of hydrogen-bond donors (Lipinski definition) is 1. The molecule has 0 aliphatic heterocycles. The maximum atomic E-state index is 8.43. The number of fused-ring (bicyclic) bond motifs is 1. The Balaban J connectivity index is 2.38. The third-order valence-electron chi connectivity index (χ3n) is 2.41. The highest BCUT2D eigenvalue weighted by molar-refractivity contribution is 5.87. The fraction of sp³-hybridized carbons (Fsp3) is 0.0714. The lowest BCUT2D eigenvalue weighted by Gasteiger charge is -2.00. The Bertz CT molecular complexity index is 577. The first-order valence-corrected chi connectivity index (χ1v) is 5.12. The van der Waals surface area contributed by atoms with Crippen LogP contribution in [0.5, 0.6) is 0 Å². The largest absolute Gasteiger partial charge is 0.399 e. The molecule has 0 saturated carbocycles. The summed E-state index contributed by atoms with van der Waals surface area (Å²) in [5, 5.41) is 10.7. The van der Waals surface area contributed by atoms with E-state index in [1.807, 2.05) is 42.5 Å². The average Bonchev–Trinajstić information content (AvgIpc) is 2.29. The quantitative estimate of drug-likeness (QED) is 0.769. The highest BCUT2D eigenvalue weighted by atomic mass is 14.5. The van der Waals surface area contributed by atoms with E-state index < -0.39 is 0 Å². The number of benzene rings is 2. The van der Waals surface area contributed by atoms with Crippen LogP contribution in [0.3, 0.4) is 0 Å². The molecule has 0 heterocycles. The van der Waals surface area contributed by atoms with Gasteiger partial charge in [-0.2, -0.15) is 5.26 Å². The Morgan fingerprint density at radius 2 is 1.88 bits per heavy atom. The van der Waals surface area contributed by atoms with Gasteiger partial charge >= 0.3 is 0 Å². The van der Waals surface area contributed by atoms with Gasteiger partial charge in [0.05, 0.1) is 12.5 Å². The van der Waals surface area contributed by atoms with Crippen LogP contribution in [0.15, 0.2) is 42.5 Å². The zero-order chi connectivity index (χ0) is 11.4. The summed E-state index contributed by atoms with van der Waals surface area (Å²) in [6.45, 7) is 0. The molecule has 0 unspecified atom stereocenters. The van der Waals surface area contributed by atoms with E-state index in [2.05, 4.69) is 12.1 Å². The highest BCUT2D eigenvalue weighted by Gasteiger charge is 1.94. The van der Waals surface area contributed by atoms with Crippen LogP contribution in [0.4, 0.5) is 5.69 Å². The second-order valence-corrected chi connectivity index (χ2v) is 3.63. The summed E-state index contributed by atoms with van der Waals surface area (Å²) in [6, 6.07) is 14.1. The van der Waals surface area contributed by atoms with E-state index in [-0.39, 0.29) is 0 Å². The summed E-state index contributed by atoms with van der Waals surface area (Å²) in [7, 11) is 0. The van der Waals surface area contributed by atoms with E-state index in [1.54, 1.807) is 0 Å². The number of nitrogen functional groups attached to an aromatic ring is 1. The van der Waals surface area contributed by atoms with Crippen LogP contribution < -0.4 is 5.73 Å². The molecule has 2 heteroatoms. The number of nitriles is 1. The predicted octanol–water partition coefficient (Wildman–Crippen LogP) is 3.35. The molecular formula is C14H12N2. The van der Waals surface area contributed by atoms with Gasteiger partial charge in [0.25, 0.3) is 0 Å². The molecule has 2 nitrogen and oxygen atoms in total. The lowest BCUT2D eigenvalue weighted by Crippen LogP contribution is -1.83. The topological polar surface area (TPSA) is 49.8 Å². The summed E-state index contributed by atoms with van der Waals surface area (Å²) >= 11 is 0. The van der Waals surface area contributed by atoms with Crippen molar-refractivity contribution < 1.29 is 0 Å². The van der Waals surface area contributed by atoms with Crippen molar-refractivity contribution in [2.24, 2.45) is 0 Å². The third-order valence-corrected chi connectivity index (χ3v) is 2.41. The summed E-state index contributed by atoms with van der Waals surface area (Å²) in [5.41, 5.74) is 7.59. The first-order chi connectivity index (χ1) is 7.79. The first-order valence-electron chi connectivity index (χ1n) is 5.12. The molecule has 0 spiro atoms. The van der Waals surface area contributed by atoms with Crippen molar-refractivity contribution in [2.75, 3.05) is 5.73 Å². The van der Waals surface area contributed by atoms with Gasteiger partial charge in [0, 0.05) is 5.69 Å². The van der Waals surface area contributed by atoms with E-state index in [9.17, 15) is 0 Å². The minimum atomic E-state index is 0.444. The zero-order valence-electron chi connectivity index (χ0n) is 8.85. The number of nitrogens with zero attached hydrogens (tertiary/aromatic N) is 1. The second-order valence-electron chi connectivity index (χ2n) is 3.63. The van der Waals surface area contributed by atoms with Crippen molar-refractivity contribution in [3.8, 4) is 6.07 Å². The van der Waals surface area contributed by atoms with E-state index in [4.69, 9.17) is 11.0 Å². The fourth-order valence-corrected chi connectivity index (χ4v) is 1.63. The molecule has 16 heavy (non-hydrogen) atoms. The molecular weight excluding hydrogens is 196 g/mol. The van der Waals surface area contributed by atoms with Crippen molar-refractivity contribution in [3.05, 3.63) is 48.0 Å². The summed E-state index contributed by atoms with van der Waals surface area (Å²) in [5.74, 6) is 0. The Morgan fingerprint density at radius 3 is 2.69 bits per heavy atom. The normalized spacial score (nSPS) is 10.7. The average molecular weight is 208 g/mol. The Morgan fingerprint density at radius 1 is 1.12 bits per heavy atom. The zero-order valence-corrected chi connectivity index (χ0v) is 8.85. The minimum absolute atomic E-state index is 0.444. The Kier molecular flexibility index (Phi) is 2.88. The second kappa shape index (κ2) is 4.50. The molecule has 0 fully saturated rings. The highest BCUT2D eigenvalue weighted by Crippen LogP contribution is 2.19. The number of hydrogen-bond acceptors (Lipinski definition) is 2. The maximum absolute atomic E-state index is 8.43. The van der Waals surface area contributed by atoms with Crippen LogP contribution in [0.2, 0.25) is 0 Å². The molecule has 0 aliphatic carbocycles. The Labute approximate surface area is 94.6 Å². The van der Waals surface area contributed by atoms with Crippen molar-refractivity contribution >= 4 is 22.5 Å². The van der Waals surface area contributed by atoms with Crippen molar-refractivity contribution in [2.45, 2.75) is 6.42 Å². The van der Waals surface area contributed by atoms with E-state index >= 15 is 0 Å². The molecule has 0 aliphatic rings. The van der Waals surface area contributed by atoms with Gasteiger partial charge in [-0.05, 0) is 34.5 Å². The number of rotatable bonds is 2. The predicted molar refractivity (Wildman–Crippen MR) is 67.6 cm³/mol. The third kappa shape index (κ3) is 2.21. The van der Waals surface area contributed by atoms with Gasteiger partial charge in [0.2, 0.25) is 0 Å². The standard InChI is InChI=1S/C14H12N2/c15-8-2-1-3-11-4-5-13-10-14(16)7-6-12(13)9-11/h1,3-7,9-10H,2,16H2. The molecule has 0 aromatic heterocycles. The van der Waals surface area contributed by atoms with Gasteiger partial charge < -0.3 is 5.73 Å². The summed E-state index contributed by atoms with van der Waals surface area (Å²) in [4.78, 5) is 0. The lowest BCUT2D eigenvalue weighted by atomic mass is 10.1. The first kappa shape index (κ1) is 10.3. The molecule has 2 aromatic rings. The molecule has 0 radical (unpaired) electrons. The minimum Gasteiger partial charge on any atom is -0.399 e. The molecule has 0 saturated heterocycles. The van der Waals surface area contributed by atoms with Crippen LogP contribution in [-0.2, 0) is 0 Å². The van der Waals surface area contributed by atoms with Crippen molar-refractivity contribution in [1.29, 1.82) is 5.26 Å².